The highest BCUT2D eigenvalue weighted by atomic mass is 29.2. The highest BCUT2D eigenvalue weighted by Gasteiger charge is 1.99. The van der Waals surface area contributed by atoms with E-state index in [4.69, 9.17) is 5.40 Å². The number of hydrogen-bond acceptors (Lipinski definition) is 1. The first-order valence-electron chi connectivity index (χ1n) is 1.98. The van der Waals surface area contributed by atoms with Crippen molar-refractivity contribution in [1.82, 2.24) is 0 Å². The van der Waals surface area contributed by atoms with Gasteiger partial charge in [0.15, 0.2) is 0 Å². The molecule has 0 fully saturated rings. The van der Waals surface area contributed by atoms with Gasteiger partial charge in [-0.15, -0.1) is 0 Å². The minimum atomic E-state index is -0.646. The van der Waals surface area contributed by atoms with Crippen LogP contribution in [0, 0.1) is 0 Å². The summed E-state index contributed by atoms with van der Waals surface area (Å²) in [6, 6.07) is 0. The van der Waals surface area contributed by atoms with Crippen molar-refractivity contribution in [3.63, 3.8) is 0 Å². The maximum absolute atomic E-state index is 5.45. The van der Waals surface area contributed by atoms with Gasteiger partial charge in [-0.05, 0) is 5.54 Å². The molecule has 0 saturated heterocycles. The second-order valence-corrected chi connectivity index (χ2v) is 5.41. The predicted octanol–water partition coefficient (Wildman–Crippen LogP) is 0.0118. The van der Waals surface area contributed by atoms with Gasteiger partial charge >= 0.3 is 0 Å². The lowest BCUT2D eigenvalue weighted by atomic mass is 10.6. The number of hydrogen-bond donors (Lipinski definition) is 1. The van der Waals surface area contributed by atoms with Crippen LogP contribution in [0.1, 0.15) is 13.8 Å². The molecule has 0 bridgehead atoms. The molecule has 34 valence electrons. The molecule has 2 N–H and O–H groups in total. The molecule has 0 aliphatic heterocycles. The van der Waals surface area contributed by atoms with Gasteiger partial charge in [0.1, 0.15) is 8.48 Å². The average Bonchev–Trinajstić information content (AvgIpc) is 1.36. The van der Waals surface area contributed by atoms with Crippen LogP contribution in [0.2, 0.25) is 5.54 Å². The van der Waals surface area contributed by atoms with Gasteiger partial charge in [0.25, 0.3) is 0 Å². The molecule has 1 nitrogen and oxygen atoms in total. The molecule has 0 atom stereocenters. The van der Waals surface area contributed by atoms with Crippen LogP contribution < -0.4 is 5.40 Å². The normalized spacial score (nSPS) is 11.0. The molecule has 0 unspecified atom stereocenters. The molecule has 3 heteroatoms. The van der Waals surface area contributed by atoms with Crippen molar-refractivity contribution in [3.05, 3.63) is 0 Å². The first-order chi connectivity index (χ1) is 2.64. The molecule has 0 aliphatic carbocycles. The molecule has 0 aromatic heterocycles. The maximum Gasteiger partial charge on any atom is 0.111 e. The molecule has 6 heavy (non-hydrogen) atoms. The Labute approximate surface area is 43.8 Å². The minimum Gasteiger partial charge on any atom is -0.354 e. The molecule has 0 heterocycles. The highest BCUT2D eigenvalue weighted by molar-refractivity contribution is 7.02. The van der Waals surface area contributed by atoms with E-state index < -0.39 is 8.48 Å². The number of nitrogens with two attached hydrogens (primary N) is 1. The summed E-state index contributed by atoms with van der Waals surface area (Å²) < 4.78 is 0. The third kappa shape index (κ3) is 2.62. The zero-order valence-corrected chi connectivity index (χ0v) is 6.15. The van der Waals surface area contributed by atoms with Crippen molar-refractivity contribution in [1.29, 1.82) is 0 Å². The van der Waals surface area contributed by atoms with E-state index in [9.17, 15) is 0 Å². The maximum atomic E-state index is 5.45. The summed E-state index contributed by atoms with van der Waals surface area (Å²) in [5, 5.41) is 5.45. The Balaban J connectivity index is 2.99. The van der Waals surface area contributed by atoms with Gasteiger partial charge in [-0.3, -0.25) is 0 Å². The van der Waals surface area contributed by atoms with E-state index in [2.05, 4.69) is 23.6 Å². The molecule has 0 amide bonds. The molecular weight excluding hydrogens is 106 g/mol. The van der Waals surface area contributed by atoms with E-state index in [0.29, 0.717) is 5.54 Å². The zero-order valence-electron chi connectivity index (χ0n) is 4.15. The smallest absolute Gasteiger partial charge is 0.111 e. The van der Waals surface area contributed by atoms with Crippen molar-refractivity contribution in [2.75, 3.05) is 0 Å². The van der Waals surface area contributed by atoms with E-state index >= 15 is 0 Å². The molecule has 4 radical (unpaired) electrons. The van der Waals surface area contributed by atoms with Crippen LogP contribution in [0.25, 0.3) is 0 Å². The highest BCUT2D eigenvalue weighted by Crippen LogP contribution is 1.96. The van der Waals surface area contributed by atoms with E-state index in [0.717, 1.165) is 0 Å². The largest absolute Gasteiger partial charge is 0.354 e. The van der Waals surface area contributed by atoms with Crippen LogP contribution in [0.5, 0.6) is 0 Å². The summed E-state index contributed by atoms with van der Waals surface area (Å²) in [5.41, 5.74) is 0.645. The average molecular weight is 115 g/mol. The van der Waals surface area contributed by atoms with Crippen LogP contribution in [-0.2, 0) is 0 Å². The van der Waals surface area contributed by atoms with E-state index in [-0.39, 0.29) is 0 Å². The molecule has 0 rings (SSSR count). The standard InChI is InChI=1S/C3H9NSi2/c1-3(2)6(4)5/h3H,4H2,1-2H3. The van der Waals surface area contributed by atoms with Crippen LogP contribution in [0.15, 0.2) is 0 Å². The zero-order chi connectivity index (χ0) is 5.15. The SMILES string of the molecule is CC(C)[Si](N)[Si]. The molecule has 0 saturated carbocycles. The van der Waals surface area contributed by atoms with Gasteiger partial charge in [-0.2, -0.15) is 0 Å². The Morgan fingerprint density at radius 1 is 1.67 bits per heavy atom. The monoisotopic (exact) mass is 115 g/mol. The lowest BCUT2D eigenvalue weighted by molar-refractivity contribution is 1.05. The molecule has 0 aromatic carbocycles. The number of rotatable bonds is 1. The van der Waals surface area contributed by atoms with Crippen LogP contribution >= 0.6 is 0 Å². The minimum absolute atomic E-state index is 0.645. The lowest BCUT2D eigenvalue weighted by Gasteiger charge is -2.02. The van der Waals surface area contributed by atoms with Gasteiger partial charge in [-0.25, -0.2) is 0 Å². The van der Waals surface area contributed by atoms with Gasteiger partial charge in [0.05, 0.1) is 0 Å². The van der Waals surface area contributed by atoms with Crippen LogP contribution in [0.4, 0.5) is 0 Å². The Bertz CT molecular complexity index is 29.8. The van der Waals surface area contributed by atoms with Crippen molar-refractivity contribution >= 4 is 18.2 Å². The summed E-state index contributed by atoms with van der Waals surface area (Å²) in [6.07, 6.45) is 0. The van der Waals surface area contributed by atoms with Crippen LogP contribution in [0.3, 0.4) is 0 Å². The molecule has 0 aliphatic rings. The first kappa shape index (κ1) is 6.39. The van der Waals surface area contributed by atoms with E-state index in [1.165, 1.54) is 0 Å². The summed E-state index contributed by atoms with van der Waals surface area (Å²) >= 11 is 0. The van der Waals surface area contributed by atoms with Crippen molar-refractivity contribution in [3.8, 4) is 0 Å². The fourth-order valence-corrected chi connectivity index (χ4v) is 0. The summed E-state index contributed by atoms with van der Waals surface area (Å²) in [5.74, 6) is 0. The Hall–Kier alpha value is 0.394. The van der Waals surface area contributed by atoms with Crippen molar-refractivity contribution < 1.29 is 0 Å². The Morgan fingerprint density at radius 3 is 1.83 bits per heavy atom. The fraction of sp³-hybridized carbons (Fsp3) is 1.00. The Morgan fingerprint density at radius 2 is 1.83 bits per heavy atom. The van der Waals surface area contributed by atoms with Crippen molar-refractivity contribution in [2.45, 2.75) is 19.4 Å². The summed E-state index contributed by atoms with van der Waals surface area (Å²) in [4.78, 5) is 0. The van der Waals surface area contributed by atoms with Gasteiger partial charge in [-0.1, -0.05) is 13.8 Å². The first-order valence-corrected chi connectivity index (χ1v) is 5.14. The van der Waals surface area contributed by atoms with Crippen LogP contribution in [-0.4, -0.2) is 18.2 Å². The Kier molecular flexibility index (Phi) is 2.71. The third-order valence-corrected chi connectivity index (χ3v) is 3.60. The van der Waals surface area contributed by atoms with Gasteiger partial charge in [0.2, 0.25) is 0 Å². The summed E-state index contributed by atoms with van der Waals surface area (Å²) in [7, 11) is 2.72. The predicted molar refractivity (Wildman–Crippen MR) is 30.8 cm³/mol. The lowest BCUT2D eigenvalue weighted by Crippen LogP contribution is -2.29. The fourth-order valence-electron chi connectivity index (χ4n) is 0. The van der Waals surface area contributed by atoms with Crippen molar-refractivity contribution in [2.24, 2.45) is 5.40 Å². The topological polar surface area (TPSA) is 26.0 Å². The van der Waals surface area contributed by atoms with Gasteiger partial charge in [0, 0.05) is 9.76 Å². The molecule has 0 spiro atoms. The van der Waals surface area contributed by atoms with E-state index in [1.807, 2.05) is 0 Å². The summed E-state index contributed by atoms with van der Waals surface area (Å²) in [6.45, 7) is 4.22. The van der Waals surface area contributed by atoms with E-state index in [1.54, 1.807) is 0 Å². The van der Waals surface area contributed by atoms with Gasteiger partial charge < -0.3 is 5.40 Å². The second kappa shape index (κ2) is 2.55. The third-order valence-electron chi connectivity index (χ3n) is 0.622. The second-order valence-electron chi connectivity index (χ2n) is 1.61. The quantitative estimate of drug-likeness (QED) is 0.479. The molecule has 0 aromatic rings. The molecular formula is C3H9NSi2.